The summed E-state index contributed by atoms with van der Waals surface area (Å²) >= 11 is 1.59. The SMILES string of the molecule is N#Cc1cc(SCCCC(N)=O)ccn1. The van der Waals surface area contributed by atoms with Crippen LogP contribution in [0.2, 0.25) is 0 Å². The first-order chi connectivity index (χ1) is 7.22. The summed E-state index contributed by atoms with van der Waals surface area (Å²) < 4.78 is 0. The van der Waals surface area contributed by atoms with Gasteiger partial charge >= 0.3 is 0 Å². The normalized spacial score (nSPS) is 9.53. The van der Waals surface area contributed by atoms with Crippen LogP contribution in [0.4, 0.5) is 0 Å². The first kappa shape index (κ1) is 11.5. The highest BCUT2D eigenvalue weighted by Crippen LogP contribution is 2.18. The highest BCUT2D eigenvalue weighted by atomic mass is 32.2. The minimum absolute atomic E-state index is 0.275. The molecule has 0 saturated heterocycles. The van der Waals surface area contributed by atoms with Gasteiger partial charge in [0.25, 0.3) is 0 Å². The van der Waals surface area contributed by atoms with E-state index in [0.29, 0.717) is 12.1 Å². The van der Waals surface area contributed by atoms with E-state index in [9.17, 15) is 4.79 Å². The van der Waals surface area contributed by atoms with Gasteiger partial charge in [-0.15, -0.1) is 11.8 Å². The van der Waals surface area contributed by atoms with Crippen LogP contribution in [0.25, 0.3) is 0 Å². The fraction of sp³-hybridized carbons (Fsp3) is 0.300. The summed E-state index contributed by atoms with van der Waals surface area (Å²) in [7, 11) is 0. The number of hydrogen-bond donors (Lipinski definition) is 1. The maximum absolute atomic E-state index is 10.5. The number of carbonyl (C=O) groups excluding carboxylic acids is 1. The van der Waals surface area contributed by atoms with Crippen molar-refractivity contribution in [1.82, 2.24) is 4.98 Å². The minimum atomic E-state index is -0.275. The van der Waals surface area contributed by atoms with E-state index in [4.69, 9.17) is 11.0 Å². The van der Waals surface area contributed by atoms with E-state index in [2.05, 4.69) is 4.98 Å². The molecule has 15 heavy (non-hydrogen) atoms. The summed E-state index contributed by atoms with van der Waals surface area (Å²) in [6, 6.07) is 5.55. The fourth-order valence-electron chi connectivity index (χ4n) is 0.999. The molecule has 1 aromatic heterocycles. The molecule has 78 valence electrons. The maximum atomic E-state index is 10.5. The lowest BCUT2D eigenvalue weighted by molar-refractivity contribution is -0.118. The number of aromatic nitrogens is 1. The van der Waals surface area contributed by atoms with Crippen LogP contribution in [-0.4, -0.2) is 16.6 Å². The highest BCUT2D eigenvalue weighted by Gasteiger charge is 1.98. The van der Waals surface area contributed by atoms with Gasteiger partial charge in [-0.3, -0.25) is 4.79 Å². The lowest BCUT2D eigenvalue weighted by Gasteiger charge is -2.00. The lowest BCUT2D eigenvalue weighted by Crippen LogP contribution is -2.09. The molecule has 1 aromatic rings. The highest BCUT2D eigenvalue weighted by molar-refractivity contribution is 7.99. The largest absolute Gasteiger partial charge is 0.370 e. The van der Waals surface area contributed by atoms with E-state index in [-0.39, 0.29) is 5.91 Å². The van der Waals surface area contributed by atoms with Gasteiger partial charge in [0.15, 0.2) is 0 Å². The van der Waals surface area contributed by atoms with Crippen LogP contribution >= 0.6 is 11.8 Å². The summed E-state index contributed by atoms with van der Waals surface area (Å²) in [5, 5.41) is 8.62. The summed E-state index contributed by atoms with van der Waals surface area (Å²) in [4.78, 5) is 15.3. The molecule has 1 rings (SSSR count). The monoisotopic (exact) mass is 221 g/mol. The summed E-state index contributed by atoms with van der Waals surface area (Å²) in [6.07, 6.45) is 2.77. The van der Waals surface area contributed by atoms with Crippen molar-refractivity contribution in [3.63, 3.8) is 0 Å². The average molecular weight is 221 g/mol. The molecule has 4 nitrogen and oxygen atoms in total. The number of rotatable bonds is 5. The molecule has 5 heteroatoms. The van der Waals surface area contributed by atoms with Crippen LogP contribution < -0.4 is 5.73 Å². The van der Waals surface area contributed by atoms with E-state index in [0.717, 1.165) is 17.1 Å². The quantitative estimate of drug-likeness (QED) is 0.600. The molecule has 0 bridgehead atoms. The van der Waals surface area contributed by atoms with Gasteiger partial charge in [-0.25, -0.2) is 4.98 Å². The Hall–Kier alpha value is -1.54. The molecule has 0 aliphatic heterocycles. The molecule has 0 aliphatic rings. The third-order valence-electron chi connectivity index (χ3n) is 1.68. The van der Waals surface area contributed by atoms with Gasteiger partial charge in [-0.2, -0.15) is 5.26 Å². The van der Waals surface area contributed by atoms with E-state index in [1.165, 1.54) is 0 Å². The van der Waals surface area contributed by atoms with Crippen molar-refractivity contribution in [2.45, 2.75) is 17.7 Å². The first-order valence-corrected chi connectivity index (χ1v) is 5.48. The second-order valence-corrected chi connectivity index (χ2v) is 4.08. The number of carbonyl (C=O) groups is 1. The zero-order valence-corrected chi connectivity index (χ0v) is 8.96. The number of amides is 1. The fourth-order valence-corrected chi connectivity index (χ4v) is 1.87. The van der Waals surface area contributed by atoms with E-state index in [1.54, 1.807) is 24.0 Å². The Kier molecular flexibility index (Phi) is 4.64. The van der Waals surface area contributed by atoms with Gasteiger partial charge in [0.1, 0.15) is 11.8 Å². The Labute approximate surface area is 92.5 Å². The third-order valence-corrected chi connectivity index (χ3v) is 2.76. The molecule has 0 unspecified atom stereocenters. The number of pyridine rings is 1. The predicted octanol–water partition coefficient (Wildman–Crippen LogP) is 1.31. The minimum Gasteiger partial charge on any atom is -0.370 e. The van der Waals surface area contributed by atoms with Gasteiger partial charge in [0, 0.05) is 17.5 Å². The van der Waals surface area contributed by atoms with Crippen LogP contribution in [0.1, 0.15) is 18.5 Å². The Morgan fingerprint density at radius 2 is 2.47 bits per heavy atom. The van der Waals surface area contributed by atoms with E-state index >= 15 is 0 Å². The van der Waals surface area contributed by atoms with Crippen LogP contribution in [0.3, 0.4) is 0 Å². The summed E-state index contributed by atoms with van der Waals surface area (Å²) in [6.45, 7) is 0. The second kappa shape index (κ2) is 6.04. The van der Waals surface area contributed by atoms with Crippen LogP contribution in [-0.2, 0) is 4.79 Å². The van der Waals surface area contributed by atoms with Crippen molar-refractivity contribution < 1.29 is 4.79 Å². The molecule has 2 N–H and O–H groups in total. The van der Waals surface area contributed by atoms with Crippen LogP contribution in [0.15, 0.2) is 23.2 Å². The summed E-state index contributed by atoms with van der Waals surface area (Å²) in [5.41, 5.74) is 5.43. The van der Waals surface area contributed by atoms with Crippen molar-refractivity contribution in [3.05, 3.63) is 24.0 Å². The van der Waals surface area contributed by atoms with Gasteiger partial charge in [0.05, 0.1) is 0 Å². The van der Waals surface area contributed by atoms with Crippen molar-refractivity contribution >= 4 is 17.7 Å². The molecule has 0 atom stereocenters. The number of nitriles is 1. The standard InChI is InChI=1S/C10H11N3OS/c11-7-8-6-9(3-4-13-8)15-5-1-2-10(12)14/h3-4,6H,1-2,5H2,(H2,12,14). The number of primary amides is 1. The summed E-state index contributed by atoms with van der Waals surface area (Å²) in [5.74, 6) is 0.542. The van der Waals surface area contributed by atoms with Gasteiger partial charge in [-0.05, 0) is 24.3 Å². The smallest absolute Gasteiger partial charge is 0.217 e. The number of thioether (sulfide) groups is 1. The molecule has 0 aliphatic carbocycles. The topological polar surface area (TPSA) is 79.8 Å². The van der Waals surface area contributed by atoms with Crippen molar-refractivity contribution in [2.75, 3.05) is 5.75 Å². The van der Waals surface area contributed by atoms with Crippen molar-refractivity contribution in [1.29, 1.82) is 5.26 Å². The third kappa shape index (κ3) is 4.47. The Morgan fingerprint density at radius 3 is 3.13 bits per heavy atom. The Balaban J connectivity index is 2.38. The molecule has 0 fully saturated rings. The molecule has 0 saturated carbocycles. The Morgan fingerprint density at radius 1 is 1.67 bits per heavy atom. The number of nitrogens with zero attached hydrogens (tertiary/aromatic N) is 2. The van der Waals surface area contributed by atoms with E-state index < -0.39 is 0 Å². The van der Waals surface area contributed by atoms with Gasteiger partial charge < -0.3 is 5.73 Å². The number of nitrogens with two attached hydrogens (primary N) is 1. The predicted molar refractivity (Wildman–Crippen MR) is 58.1 cm³/mol. The first-order valence-electron chi connectivity index (χ1n) is 4.49. The lowest BCUT2D eigenvalue weighted by atomic mass is 10.3. The van der Waals surface area contributed by atoms with Gasteiger partial charge in [-0.1, -0.05) is 0 Å². The number of hydrogen-bond acceptors (Lipinski definition) is 4. The van der Waals surface area contributed by atoms with Crippen molar-refractivity contribution in [3.8, 4) is 6.07 Å². The van der Waals surface area contributed by atoms with Crippen LogP contribution in [0.5, 0.6) is 0 Å². The Bertz CT molecular complexity index is 386. The maximum Gasteiger partial charge on any atom is 0.217 e. The van der Waals surface area contributed by atoms with Crippen molar-refractivity contribution in [2.24, 2.45) is 5.73 Å². The molecule has 1 heterocycles. The van der Waals surface area contributed by atoms with Gasteiger partial charge in [0.2, 0.25) is 5.91 Å². The zero-order valence-electron chi connectivity index (χ0n) is 8.14. The molecule has 0 spiro atoms. The average Bonchev–Trinajstić information content (AvgIpc) is 2.24. The molecule has 0 radical (unpaired) electrons. The molecule has 0 aromatic carbocycles. The van der Waals surface area contributed by atoms with Crippen LogP contribution in [0, 0.1) is 11.3 Å². The second-order valence-electron chi connectivity index (χ2n) is 2.91. The molecular weight excluding hydrogens is 210 g/mol. The molecule has 1 amide bonds. The van der Waals surface area contributed by atoms with E-state index in [1.807, 2.05) is 12.1 Å². The molecular formula is C10H11N3OS. The zero-order chi connectivity index (χ0) is 11.1.